The summed E-state index contributed by atoms with van der Waals surface area (Å²) in [7, 11) is 1.60. The van der Waals surface area contributed by atoms with Gasteiger partial charge in [0.15, 0.2) is 0 Å². The third-order valence-electron chi connectivity index (χ3n) is 4.76. The molecule has 5 nitrogen and oxygen atoms in total. The van der Waals surface area contributed by atoms with Crippen molar-refractivity contribution in [3.8, 4) is 11.1 Å². The van der Waals surface area contributed by atoms with Gasteiger partial charge >= 0.3 is 0 Å². The Labute approximate surface area is 175 Å². The van der Waals surface area contributed by atoms with Crippen molar-refractivity contribution >= 4 is 22.6 Å². The van der Waals surface area contributed by atoms with Crippen molar-refractivity contribution < 1.29 is 9.18 Å². The van der Waals surface area contributed by atoms with Crippen LogP contribution >= 0.6 is 0 Å². The molecule has 154 valence electrons. The lowest BCUT2D eigenvalue weighted by molar-refractivity contribution is 0.0977. The highest BCUT2D eigenvalue weighted by atomic mass is 19.1. The van der Waals surface area contributed by atoms with Gasteiger partial charge in [-0.1, -0.05) is 39.0 Å². The van der Waals surface area contributed by atoms with E-state index in [1.807, 2.05) is 32.9 Å². The van der Waals surface area contributed by atoms with Gasteiger partial charge in [-0.3, -0.25) is 14.8 Å². The van der Waals surface area contributed by atoms with E-state index in [2.05, 4.69) is 15.3 Å². The van der Waals surface area contributed by atoms with Crippen molar-refractivity contribution in [3.05, 3.63) is 77.9 Å². The van der Waals surface area contributed by atoms with Gasteiger partial charge in [-0.15, -0.1) is 0 Å². The number of fused-ring (bicyclic) bond motifs is 1. The first kappa shape index (κ1) is 21.2. The van der Waals surface area contributed by atoms with Gasteiger partial charge in [0.25, 0.3) is 5.91 Å². The Morgan fingerprint density at radius 3 is 2.43 bits per heavy atom. The van der Waals surface area contributed by atoms with E-state index in [4.69, 9.17) is 5.73 Å². The Morgan fingerprint density at radius 2 is 1.80 bits per heavy atom. The summed E-state index contributed by atoms with van der Waals surface area (Å²) < 4.78 is 13.1. The maximum absolute atomic E-state index is 13.1. The maximum Gasteiger partial charge on any atom is 0.256 e. The van der Waals surface area contributed by atoms with Crippen LogP contribution in [0.4, 0.5) is 4.39 Å². The van der Waals surface area contributed by atoms with E-state index in [1.54, 1.807) is 43.6 Å². The van der Waals surface area contributed by atoms with Gasteiger partial charge < -0.3 is 11.1 Å². The van der Waals surface area contributed by atoms with Crippen molar-refractivity contribution in [2.45, 2.75) is 20.8 Å². The zero-order chi connectivity index (χ0) is 21.9. The summed E-state index contributed by atoms with van der Waals surface area (Å²) >= 11 is 0. The minimum absolute atomic E-state index is 0.226. The molecule has 1 amide bonds. The maximum atomic E-state index is 13.1. The minimum Gasteiger partial charge on any atom is -0.401 e. The molecule has 0 aliphatic carbocycles. The van der Waals surface area contributed by atoms with Gasteiger partial charge in [0.05, 0.1) is 5.52 Å². The predicted octanol–water partition coefficient (Wildman–Crippen LogP) is 4.69. The lowest BCUT2D eigenvalue weighted by Gasteiger charge is -2.19. The molecule has 6 heteroatoms. The molecule has 3 N–H and O–H groups in total. The average Bonchev–Trinajstić information content (AvgIpc) is 2.72. The molecule has 0 saturated carbocycles. The number of carbonyl (C=O) groups is 1. The second-order valence-electron chi connectivity index (χ2n) is 8.05. The van der Waals surface area contributed by atoms with E-state index >= 15 is 0 Å². The Balaban J connectivity index is 1.83. The normalized spacial score (nSPS) is 12.8. The first-order valence-corrected chi connectivity index (χ1v) is 9.59. The van der Waals surface area contributed by atoms with Crippen LogP contribution in [0.1, 0.15) is 31.1 Å². The monoisotopic (exact) mass is 404 g/mol. The molecular formula is C24H25FN4O. The van der Waals surface area contributed by atoms with E-state index in [1.165, 1.54) is 12.1 Å². The fourth-order valence-corrected chi connectivity index (χ4v) is 2.77. The van der Waals surface area contributed by atoms with Crippen LogP contribution in [-0.4, -0.2) is 23.8 Å². The SMILES string of the molecule is CN=C(C=C(N)C(C)(C)C)NC(=O)c1ccc2cc(-c3ccc(F)cc3)cnc2c1. The third kappa shape index (κ3) is 4.89. The molecule has 3 aromatic rings. The molecule has 2 aromatic carbocycles. The second-order valence-corrected chi connectivity index (χ2v) is 8.05. The molecule has 0 bridgehead atoms. The highest BCUT2D eigenvalue weighted by Crippen LogP contribution is 2.24. The van der Waals surface area contributed by atoms with E-state index in [9.17, 15) is 9.18 Å². The molecule has 0 radical (unpaired) electrons. The van der Waals surface area contributed by atoms with Crippen LogP contribution in [0.2, 0.25) is 0 Å². The molecule has 30 heavy (non-hydrogen) atoms. The lowest BCUT2D eigenvalue weighted by Crippen LogP contribution is -2.31. The number of rotatable bonds is 3. The number of aromatic nitrogens is 1. The molecule has 0 saturated heterocycles. The number of allylic oxidation sites excluding steroid dienone is 1. The van der Waals surface area contributed by atoms with Gasteiger partial charge in [0.2, 0.25) is 0 Å². The summed E-state index contributed by atoms with van der Waals surface area (Å²) in [5, 5.41) is 3.67. The van der Waals surface area contributed by atoms with Gasteiger partial charge in [0, 0.05) is 40.9 Å². The summed E-state index contributed by atoms with van der Waals surface area (Å²) in [6.45, 7) is 5.97. The van der Waals surface area contributed by atoms with Crippen molar-refractivity contribution in [3.63, 3.8) is 0 Å². The number of hydrogen-bond acceptors (Lipinski definition) is 4. The van der Waals surface area contributed by atoms with Crippen LogP contribution in [0.25, 0.3) is 22.0 Å². The molecule has 0 spiro atoms. The number of amidine groups is 1. The number of aliphatic imine (C=N–C) groups is 1. The fraction of sp³-hybridized carbons (Fsp3) is 0.208. The summed E-state index contributed by atoms with van der Waals surface area (Å²) in [5.41, 5.74) is 9.39. The molecule has 0 atom stereocenters. The molecular weight excluding hydrogens is 379 g/mol. The van der Waals surface area contributed by atoms with Crippen molar-refractivity contribution in [2.24, 2.45) is 16.1 Å². The highest BCUT2D eigenvalue weighted by molar-refractivity contribution is 6.11. The summed E-state index contributed by atoms with van der Waals surface area (Å²) in [6.07, 6.45) is 3.38. The zero-order valence-corrected chi connectivity index (χ0v) is 17.5. The number of nitrogens with zero attached hydrogens (tertiary/aromatic N) is 2. The number of hydrogen-bond donors (Lipinski definition) is 2. The molecule has 1 aromatic heterocycles. The zero-order valence-electron chi connectivity index (χ0n) is 17.5. The fourth-order valence-electron chi connectivity index (χ4n) is 2.77. The molecule has 0 aliphatic heterocycles. The van der Waals surface area contributed by atoms with Gasteiger partial charge in [-0.25, -0.2) is 4.39 Å². The average molecular weight is 404 g/mol. The van der Waals surface area contributed by atoms with Gasteiger partial charge in [0.1, 0.15) is 11.7 Å². The Kier molecular flexibility index (Phi) is 5.96. The number of halogens is 1. The quantitative estimate of drug-likeness (QED) is 0.491. The van der Waals surface area contributed by atoms with Crippen LogP contribution in [0.3, 0.4) is 0 Å². The lowest BCUT2D eigenvalue weighted by atomic mass is 9.92. The van der Waals surface area contributed by atoms with E-state index in [-0.39, 0.29) is 17.1 Å². The third-order valence-corrected chi connectivity index (χ3v) is 4.76. The van der Waals surface area contributed by atoms with Crippen molar-refractivity contribution in [1.82, 2.24) is 10.3 Å². The summed E-state index contributed by atoms with van der Waals surface area (Å²) in [4.78, 5) is 21.3. The molecule has 0 fully saturated rings. The van der Waals surface area contributed by atoms with Crippen molar-refractivity contribution in [2.75, 3.05) is 7.05 Å². The summed E-state index contributed by atoms with van der Waals surface area (Å²) in [5.74, 6) is -0.177. The number of pyridine rings is 1. The van der Waals surface area contributed by atoms with Crippen LogP contribution in [0, 0.1) is 11.2 Å². The number of amides is 1. The molecule has 1 heterocycles. The number of nitrogens with two attached hydrogens (primary N) is 1. The first-order chi connectivity index (χ1) is 14.2. The Morgan fingerprint density at radius 1 is 1.10 bits per heavy atom. The first-order valence-electron chi connectivity index (χ1n) is 9.59. The predicted molar refractivity (Wildman–Crippen MR) is 120 cm³/mol. The van der Waals surface area contributed by atoms with Crippen molar-refractivity contribution in [1.29, 1.82) is 0 Å². The van der Waals surface area contributed by atoms with Crippen LogP contribution in [-0.2, 0) is 0 Å². The largest absolute Gasteiger partial charge is 0.401 e. The number of benzene rings is 2. The van der Waals surface area contributed by atoms with E-state index in [0.717, 1.165) is 16.5 Å². The van der Waals surface area contributed by atoms with Gasteiger partial charge in [-0.05, 0) is 42.0 Å². The van der Waals surface area contributed by atoms with Crippen LogP contribution in [0.5, 0.6) is 0 Å². The highest BCUT2D eigenvalue weighted by Gasteiger charge is 2.16. The smallest absolute Gasteiger partial charge is 0.256 e. The Bertz CT molecular complexity index is 1140. The van der Waals surface area contributed by atoms with Crippen LogP contribution in [0.15, 0.2) is 71.5 Å². The van der Waals surface area contributed by atoms with Crippen LogP contribution < -0.4 is 11.1 Å². The topological polar surface area (TPSA) is 80.4 Å². The minimum atomic E-state index is -0.292. The molecule has 3 rings (SSSR count). The number of nitrogens with one attached hydrogen (secondary N) is 1. The van der Waals surface area contributed by atoms with Gasteiger partial charge in [-0.2, -0.15) is 0 Å². The standard InChI is InChI=1S/C24H25FN4O/c1-24(2,3)21(26)13-22(27-4)29-23(30)17-6-5-16-11-18(14-28-20(16)12-17)15-7-9-19(25)10-8-15/h5-14H,26H2,1-4H3,(H,27,29,30). The van der Waals surface area contributed by atoms with E-state index < -0.39 is 0 Å². The Hall–Kier alpha value is -3.54. The molecule has 0 aliphatic rings. The number of carbonyl (C=O) groups excluding carboxylic acids is 1. The summed E-state index contributed by atoms with van der Waals surface area (Å²) in [6, 6.07) is 13.5. The van der Waals surface area contributed by atoms with E-state index in [0.29, 0.717) is 22.6 Å². The second kappa shape index (κ2) is 8.45. The molecule has 0 unspecified atom stereocenters.